The highest BCUT2D eigenvalue weighted by Gasteiger charge is 2.39. The van der Waals surface area contributed by atoms with Gasteiger partial charge in [0.05, 0.1) is 68.7 Å². The fourth-order valence-electron chi connectivity index (χ4n) is 16.1. The number of benzene rings is 4. The molecule has 15 heterocycles. The van der Waals surface area contributed by atoms with Gasteiger partial charge in [-0.25, -0.2) is 89.0 Å². The normalized spacial score (nSPS) is 15.9. The van der Waals surface area contributed by atoms with Gasteiger partial charge in [-0.15, -0.1) is 12.4 Å². The number of hydrogen-bond donors (Lipinski definition) is 3. The molecule has 0 spiro atoms. The molecule has 27 nitrogen and oxygen atoms in total. The largest absolute Gasteiger partial charge is 0.490 e. The minimum absolute atomic E-state index is 0. The smallest absolute Gasteiger partial charge is 0.423 e. The van der Waals surface area contributed by atoms with Gasteiger partial charge in [-0.05, 0) is 109 Å². The Balaban J connectivity index is 0.000000150. The molecule has 4 fully saturated rings. The molecule has 4 aromatic carbocycles. The minimum Gasteiger partial charge on any atom is -0.423 e. The molecule has 14 aromatic rings. The number of nitrogens with one attached hydrogen (secondary N) is 1. The number of nitrogens with zero attached hydrogens (tertiary/aromatic N) is 21. The zero-order valence-electron chi connectivity index (χ0n) is 81.3. The number of aryl methyl sites for hydroxylation is 2. The number of fused-ring (bicyclic) bond motifs is 4. The van der Waals surface area contributed by atoms with Crippen LogP contribution in [0.4, 0.5) is 52.6 Å². The summed E-state index contributed by atoms with van der Waals surface area (Å²) in [6, 6.07) is 46.5. The van der Waals surface area contributed by atoms with Crippen molar-refractivity contribution in [3.63, 3.8) is 0 Å². The minimum atomic E-state index is -2.61. The molecule has 5 aliphatic rings. The standard InChI is InChI=1S/C27H32F2N6OSi.C23H31F2N5OSi.C22H19F2N5.C18H23ClN4OSi.C5H6BNO2.C5H9F2N.ClH/c1-37(2,3)14-13-36-19-35-26(22-15-20(6-7-23(22)33-35)21-5-4-10-30-17-21)24-16-25(32-18-31-24)34-11-8-27(28,29)9-12-34;1-17-5-6-19-18(13-17)22(30(28-19)16-31-11-12-32(2,3)4)20-14-21(27-15-26-20)29-9-7-23(24,25)8-10-29;23-22(24)5-8-29(9-6-22)20-11-19(27-14-28-20)21-18-10-15(3-4-17(18)13-26-21)16-2-1-7-25-12-16;1-13-5-6-15-14(9-13)18(16-10-17(19)21-11-20-16)23(22-15)12-24-7-8-25(2,3)4;8-6(9)5-2-1-3-7-4-5;6-5(7)1-3-8-4-2-5;/h4-7,10,15-18H,8-9,11-14,19H2,1-3H3;5-6,13-15H,7-12,16H2,1-4H3;1-4,7,10-12,14H,5-6,8-9,13H2;5-6,9-11H,7-8,12H2,1-4H3;1-4,8-9H;8H,1-4H2;1H. The first-order valence-corrected chi connectivity index (χ1v) is 58.6. The lowest BCUT2D eigenvalue weighted by atomic mass is 9.82. The van der Waals surface area contributed by atoms with Crippen LogP contribution in [0.15, 0.2) is 201 Å². The van der Waals surface area contributed by atoms with Crippen molar-refractivity contribution >= 4 is 117 Å². The van der Waals surface area contributed by atoms with Gasteiger partial charge in [0.15, 0.2) is 0 Å². The molecule has 5 aliphatic heterocycles. The first-order valence-electron chi connectivity index (χ1n) is 47.1. The van der Waals surface area contributed by atoms with Gasteiger partial charge in [0.25, 0.3) is 23.7 Å². The van der Waals surface area contributed by atoms with Crippen LogP contribution in [0.5, 0.6) is 0 Å². The molecule has 19 rings (SSSR count). The molecule has 0 atom stereocenters. The average Bonchev–Trinajstić information content (AvgIpc) is 1.63. The fraction of sp³-hybridized carbons (Fsp3) is 0.410. The molecule has 0 bridgehead atoms. The lowest BCUT2D eigenvalue weighted by Crippen LogP contribution is -2.39. The van der Waals surface area contributed by atoms with Crippen LogP contribution < -0.4 is 25.5 Å². The van der Waals surface area contributed by atoms with E-state index in [0.717, 1.165) is 131 Å². The van der Waals surface area contributed by atoms with Gasteiger partial charge < -0.3 is 44.3 Å². The summed E-state index contributed by atoms with van der Waals surface area (Å²) in [6.07, 6.45) is 15.2. The molecule has 10 aromatic heterocycles. The Kier molecular flexibility index (Phi) is 36.2. The van der Waals surface area contributed by atoms with Crippen LogP contribution in [-0.2, 0) is 40.9 Å². The highest BCUT2D eigenvalue weighted by molar-refractivity contribution is 6.76. The molecule has 0 saturated carbocycles. The van der Waals surface area contributed by atoms with Gasteiger partial charge in [0.2, 0.25) is 0 Å². The van der Waals surface area contributed by atoms with Gasteiger partial charge in [-0.3, -0.25) is 19.9 Å². The quantitative estimate of drug-likeness (QED) is 0.0207. The molecule has 4 saturated heterocycles. The number of halogens is 10. The van der Waals surface area contributed by atoms with Crippen molar-refractivity contribution in [1.82, 2.24) is 89.5 Å². The molecule has 141 heavy (non-hydrogen) atoms. The third-order valence-electron chi connectivity index (χ3n) is 24.3. The summed E-state index contributed by atoms with van der Waals surface area (Å²) in [6.45, 7) is 31.4. The van der Waals surface area contributed by atoms with E-state index in [4.69, 9.17) is 56.1 Å². The number of anilines is 3. The van der Waals surface area contributed by atoms with Gasteiger partial charge in [-0.1, -0.05) is 130 Å². The van der Waals surface area contributed by atoms with Crippen LogP contribution in [-0.4, -0.2) is 227 Å². The van der Waals surface area contributed by atoms with Gasteiger partial charge in [0.1, 0.15) is 68.1 Å². The van der Waals surface area contributed by atoms with E-state index in [9.17, 15) is 35.1 Å². The summed E-state index contributed by atoms with van der Waals surface area (Å²) in [4.78, 5) is 57.5. The molecule has 3 N–H and O–H groups in total. The predicted molar refractivity (Wildman–Crippen MR) is 551 cm³/mol. The van der Waals surface area contributed by atoms with Gasteiger partial charge in [-0.2, -0.15) is 15.3 Å². The van der Waals surface area contributed by atoms with Crippen LogP contribution >= 0.6 is 24.0 Å². The van der Waals surface area contributed by atoms with Crippen molar-refractivity contribution in [3.05, 3.63) is 229 Å². The number of pyridine rings is 3. The molecule has 0 aliphatic carbocycles. The van der Waals surface area contributed by atoms with Crippen molar-refractivity contribution < 1.29 is 59.4 Å². The lowest BCUT2D eigenvalue weighted by molar-refractivity contribution is -0.0276. The summed E-state index contributed by atoms with van der Waals surface area (Å²) in [5.74, 6) is -8.19. The summed E-state index contributed by atoms with van der Waals surface area (Å²) < 4.78 is 129. The van der Waals surface area contributed by atoms with Crippen molar-refractivity contribution in [2.45, 2.75) is 193 Å². The Bertz CT molecular complexity index is 6470. The molecule has 41 heteroatoms. The van der Waals surface area contributed by atoms with Crippen molar-refractivity contribution in [2.24, 2.45) is 4.99 Å². The highest BCUT2D eigenvalue weighted by atomic mass is 35.5. The zero-order chi connectivity index (χ0) is 99.6. The Labute approximate surface area is 830 Å². The van der Waals surface area contributed by atoms with E-state index in [2.05, 4.69) is 168 Å². The Morgan fingerprint density at radius 2 is 0.766 bits per heavy atom. The SMILES string of the molecule is C[Si](C)(C)CCOCn1nc2ccc(-c3cccnc3)cc2c1-c1cc(N2CCC(F)(F)CC2)ncn1.Cc1ccc2nn(COCC[Si](C)(C)C)c(-c3cc(Cl)ncn3)c2c1.Cc1ccc2nn(COCC[Si](C)(C)C)c(-c3cc(N4CCC(F)(F)CC4)ncn3)c2c1.Cl.FC1(F)CCN(c2cc(C3=NCc4ccc(-c5cccnc5)cc43)ncn2)CC1.FC1(F)CCNCC1.OB(O)c1cccnc1. The van der Waals surface area contributed by atoms with Gasteiger partial charge >= 0.3 is 7.12 Å². The van der Waals surface area contributed by atoms with E-state index in [1.54, 1.807) is 36.8 Å². The molecular weight excluding hydrogens is 1910 g/mol. The van der Waals surface area contributed by atoms with E-state index in [0.29, 0.717) is 92.5 Å². The Hall–Kier alpha value is -11.4. The molecule has 0 amide bonds. The number of aromatic nitrogens is 17. The maximum absolute atomic E-state index is 13.7. The van der Waals surface area contributed by atoms with Crippen LogP contribution in [0.3, 0.4) is 0 Å². The Morgan fingerprint density at radius 3 is 1.13 bits per heavy atom. The summed E-state index contributed by atoms with van der Waals surface area (Å²) in [7, 11) is -4.93. The molecular formula is C100H121BCl2F8N22O5Si3. The van der Waals surface area contributed by atoms with Crippen LogP contribution in [0.1, 0.15) is 79.3 Å². The second kappa shape index (κ2) is 47.7. The molecule has 746 valence electrons. The predicted octanol–water partition coefficient (Wildman–Crippen LogP) is 20.5. The first kappa shape index (κ1) is 107. The Morgan fingerprint density at radius 1 is 0.404 bits per heavy atom. The van der Waals surface area contributed by atoms with E-state index in [1.807, 2.05) is 121 Å². The first-order chi connectivity index (χ1) is 66.7. The third-order valence-corrected chi connectivity index (χ3v) is 29.6. The number of hydrogen-bond acceptors (Lipinski definition) is 24. The molecule has 0 radical (unpaired) electrons. The number of piperidine rings is 4. The topological polar surface area (TPSA) is 298 Å². The second-order valence-electron chi connectivity index (χ2n) is 39.2. The highest BCUT2D eigenvalue weighted by Crippen LogP contribution is 2.40. The fourth-order valence-corrected chi connectivity index (χ4v) is 18.5. The number of aliphatic imine (C=N–C) groups is 1. The van der Waals surface area contributed by atoms with Crippen molar-refractivity contribution in [1.29, 1.82) is 0 Å². The van der Waals surface area contributed by atoms with E-state index in [1.165, 1.54) is 37.1 Å². The second-order valence-corrected chi connectivity index (χ2v) is 56.4. The summed E-state index contributed by atoms with van der Waals surface area (Å²) in [5, 5.41) is 37.6. The van der Waals surface area contributed by atoms with Gasteiger partial charge in [0, 0.05) is 248 Å². The van der Waals surface area contributed by atoms with Crippen molar-refractivity contribution in [3.8, 4) is 56.4 Å². The summed E-state index contributed by atoms with van der Waals surface area (Å²) >= 11 is 6.07. The number of rotatable bonds is 25. The maximum atomic E-state index is 13.7. The van der Waals surface area contributed by atoms with Crippen LogP contribution in [0.25, 0.3) is 89.1 Å². The van der Waals surface area contributed by atoms with Crippen LogP contribution in [0.2, 0.25) is 82.2 Å². The third kappa shape index (κ3) is 30.6. The lowest BCUT2D eigenvalue weighted by Gasteiger charge is -2.32. The van der Waals surface area contributed by atoms with Crippen molar-refractivity contribution in [2.75, 3.05) is 86.9 Å². The van der Waals surface area contributed by atoms with E-state index in [-0.39, 0.29) is 103 Å². The zero-order valence-corrected chi connectivity index (χ0v) is 85.8. The van der Waals surface area contributed by atoms with E-state index < -0.39 is 55.0 Å². The maximum Gasteiger partial charge on any atom is 0.490 e. The monoisotopic (exact) mass is 2030 g/mol. The summed E-state index contributed by atoms with van der Waals surface area (Å²) in [5.41, 5.74) is 17.9. The molecule has 0 unspecified atom stereocenters. The van der Waals surface area contributed by atoms with Crippen LogP contribution in [0, 0.1) is 13.8 Å². The van der Waals surface area contributed by atoms with E-state index >= 15 is 0 Å². The number of ether oxygens (including phenoxy) is 3. The number of alkyl halides is 8. The average molecular weight is 2030 g/mol.